The molecule has 1 aromatic heterocycles. The van der Waals surface area contributed by atoms with Crippen LogP contribution in [-0.4, -0.2) is 12.1 Å². The van der Waals surface area contributed by atoms with Crippen molar-refractivity contribution in [3.05, 3.63) is 69.0 Å². The third-order valence-corrected chi connectivity index (χ3v) is 4.54. The van der Waals surface area contributed by atoms with E-state index in [0.717, 1.165) is 32.1 Å². The molecule has 2 aromatic carbocycles. The Kier molecular flexibility index (Phi) is 4.71. The maximum absolute atomic E-state index is 5.35. The van der Waals surface area contributed by atoms with Gasteiger partial charge in [0.25, 0.3) is 0 Å². The Hall–Kier alpha value is -1.91. The monoisotopic (exact) mass is 371 g/mol. The van der Waals surface area contributed by atoms with Gasteiger partial charge in [-0.15, -0.1) is 11.3 Å². The summed E-state index contributed by atoms with van der Waals surface area (Å²) in [4.78, 5) is 4.66. The van der Waals surface area contributed by atoms with Gasteiger partial charge in [-0.2, -0.15) is 0 Å². The van der Waals surface area contributed by atoms with E-state index in [1.54, 1.807) is 18.4 Å². The van der Waals surface area contributed by atoms with E-state index in [2.05, 4.69) is 38.4 Å². The fourth-order valence-electron chi connectivity index (χ4n) is 2.08. The van der Waals surface area contributed by atoms with E-state index in [-0.39, 0.29) is 0 Å². The fourth-order valence-corrected chi connectivity index (χ4v) is 3.07. The lowest BCUT2D eigenvalue weighted by atomic mass is 10.2. The van der Waals surface area contributed by atoms with Crippen molar-refractivity contribution in [2.24, 2.45) is 0 Å². The largest absolute Gasteiger partial charge is 0.496 e. The molecule has 4 heteroatoms. The van der Waals surface area contributed by atoms with Gasteiger partial charge in [-0.05, 0) is 30.4 Å². The number of para-hydroxylation sites is 1. The summed E-state index contributed by atoms with van der Waals surface area (Å²) in [5, 5.41) is 3.05. The summed E-state index contributed by atoms with van der Waals surface area (Å²) >= 11 is 5.08. The number of thiazole rings is 1. The van der Waals surface area contributed by atoms with Crippen LogP contribution in [-0.2, 0) is 0 Å². The standard InChI is InChI=1S/C18H14BrNOS/c1-21-17-5-3-2-4-14(17)8-11-18-20-16(12-22-18)13-6-9-15(19)10-7-13/h2-12H,1H3/b11-8+. The Morgan fingerprint density at radius 3 is 2.59 bits per heavy atom. The lowest BCUT2D eigenvalue weighted by molar-refractivity contribution is 0.414. The lowest BCUT2D eigenvalue weighted by Gasteiger charge is -2.02. The van der Waals surface area contributed by atoms with Crippen LogP contribution in [0.4, 0.5) is 0 Å². The number of rotatable bonds is 4. The zero-order valence-corrected chi connectivity index (χ0v) is 14.4. The lowest BCUT2D eigenvalue weighted by Crippen LogP contribution is -1.85. The first-order chi connectivity index (χ1) is 10.8. The molecule has 3 rings (SSSR count). The maximum Gasteiger partial charge on any atom is 0.126 e. The number of benzene rings is 2. The first-order valence-corrected chi connectivity index (χ1v) is 8.46. The second-order valence-electron chi connectivity index (χ2n) is 4.65. The van der Waals surface area contributed by atoms with Gasteiger partial charge in [-0.1, -0.05) is 46.3 Å². The van der Waals surface area contributed by atoms with Crippen molar-refractivity contribution in [2.75, 3.05) is 7.11 Å². The van der Waals surface area contributed by atoms with Gasteiger partial charge in [0.1, 0.15) is 10.8 Å². The Labute approximate surface area is 142 Å². The van der Waals surface area contributed by atoms with Gasteiger partial charge < -0.3 is 4.74 Å². The van der Waals surface area contributed by atoms with E-state index < -0.39 is 0 Å². The number of aromatic nitrogens is 1. The van der Waals surface area contributed by atoms with Crippen LogP contribution in [0.15, 0.2) is 58.4 Å². The Bertz CT molecular complexity index is 793. The van der Waals surface area contributed by atoms with Crippen LogP contribution in [0.3, 0.4) is 0 Å². The van der Waals surface area contributed by atoms with Gasteiger partial charge in [-0.25, -0.2) is 4.98 Å². The third kappa shape index (κ3) is 3.46. The number of nitrogens with zero attached hydrogens (tertiary/aromatic N) is 1. The molecule has 0 saturated carbocycles. The summed E-state index contributed by atoms with van der Waals surface area (Å²) in [6.07, 6.45) is 4.05. The van der Waals surface area contributed by atoms with Crippen LogP contribution in [0, 0.1) is 0 Å². The number of ether oxygens (including phenoxy) is 1. The molecule has 0 unspecified atom stereocenters. The summed E-state index contributed by atoms with van der Waals surface area (Å²) < 4.78 is 6.42. The van der Waals surface area contributed by atoms with Crippen molar-refractivity contribution in [2.45, 2.75) is 0 Å². The van der Waals surface area contributed by atoms with Crippen LogP contribution in [0.5, 0.6) is 5.75 Å². The molecule has 0 radical (unpaired) electrons. The van der Waals surface area contributed by atoms with E-state index in [9.17, 15) is 0 Å². The highest BCUT2D eigenvalue weighted by atomic mass is 79.9. The van der Waals surface area contributed by atoms with E-state index in [1.807, 2.05) is 48.6 Å². The second-order valence-corrected chi connectivity index (χ2v) is 6.46. The van der Waals surface area contributed by atoms with Crippen molar-refractivity contribution in [1.82, 2.24) is 4.98 Å². The molecule has 0 spiro atoms. The summed E-state index contributed by atoms with van der Waals surface area (Å²) in [5.41, 5.74) is 3.17. The van der Waals surface area contributed by atoms with Crippen LogP contribution in [0.1, 0.15) is 10.6 Å². The molecule has 0 atom stereocenters. The number of hydrogen-bond donors (Lipinski definition) is 0. The maximum atomic E-state index is 5.35. The van der Waals surface area contributed by atoms with Gasteiger partial charge in [0.15, 0.2) is 0 Å². The van der Waals surface area contributed by atoms with Crippen LogP contribution < -0.4 is 4.74 Å². The molecule has 110 valence electrons. The van der Waals surface area contributed by atoms with Gasteiger partial charge >= 0.3 is 0 Å². The minimum Gasteiger partial charge on any atom is -0.496 e. The number of halogens is 1. The molecule has 0 bridgehead atoms. The number of methoxy groups -OCH3 is 1. The third-order valence-electron chi connectivity index (χ3n) is 3.21. The highest BCUT2D eigenvalue weighted by Crippen LogP contribution is 2.25. The predicted octanol–water partition coefficient (Wildman–Crippen LogP) is 5.75. The van der Waals surface area contributed by atoms with E-state index in [4.69, 9.17) is 4.74 Å². The van der Waals surface area contributed by atoms with Crippen molar-refractivity contribution in [1.29, 1.82) is 0 Å². The summed E-state index contributed by atoms with van der Waals surface area (Å²) in [6, 6.07) is 16.1. The number of hydrogen-bond acceptors (Lipinski definition) is 3. The Morgan fingerprint density at radius 2 is 1.82 bits per heavy atom. The topological polar surface area (TPSA) is 22.1 Å². The molecule has 1 heterocycles. The minimum atomic E-state index is 0.864. The Morgan fingerprint density at radius 1 is 1.05 bits per heavy atom. The normalized spacial score (nSPS) is 11.0. The van der Waals surface area contributed by atoms with E-state index in [1.165, 1.54) is 0 Å². The molecule has 3 aromatic rings. The fraction of sp³-hybridized carbons (Fsp3) is 0.0556. The highest BCUT2D eigenvalue weighted by Gasteiger charge is 2.03. The molecule has 0 aliphatic rings. The van der Waals surface area contributed by atoms with E-state index in [0.29, 0.717) is 0 Å². The van der Waals surface area contributed by atoms with Crippen LogP contribution >= 0.6 is 27.3 Å². The Balaban J connectivity index is 1.82. The van der Waals surface area contributed by atoms with Crippen molar-refractivity contribution >= 4 is 39.4 Å². The van der Waals surface area contributed by atoms with Crippen molar-refractivity contribution < 1.29 is 4.74 Å². The quantitative estimate of drug-likeness (QED) is 0.582. The average molecular weight is 372 g/mol. The van der Waals surface area contributed by atoms with Gasteiger partial charge in [0, 0.05) is 21.0 Å². The first kappa shape index (κ1) is 15.0. The molecule has 0 aliphatic heterocycles. The molecule has 0 N–H and O–H groups in total. The van der Waals surface area contributed by atoms with Crippen LogP contribution in [0.2, 0.25) is 0 Å². The van der Waals surface area contributed by atoms with Crippen molar-refractivity contribution in [3.8, 4) is 17.0 Å². The molecule has 2 nitrogen and oxygen atoms in total. The zero-order valence-electron chi connectivity index (χ0n) is 12.0. The van der Waals surface area contributed by atoms with Crippen LogP contribution in [0.25, 0.3) is 23.4 Å². The smallest absolute Gasteiger partial charge is 0.126 e. The predicted molar refractivity (Wildman–Crippen MR) is 97.2 cm³/mol. The van der Waals surface area contributed by atoms with Gasteiger partial charge in [0.2, 0.25) is 0 Å². The van der Waals surface area contributed by atoms with Gasteiger partial charge in [0.05, 0.1) is 12.8 Å². The molecular weight excluding hydrogens is 358 g/mol. The molecule has 0 amide bonds. The molecular formula is C18H14BrNOS. The average Bonchev–Trinajstić information content (AvgIpc) is 3.03. The van der Waals surface area contributed by atoms with Crippen molar-refractivity contribution in [3.63, 3.8) is 0 Å². The molecule has 0 fully saturated rings. The summed E-state index contributed by atoms with van der Waals surface area (Å²) in [7, 11) is 1.68. The summed E-state index contributed by atoms with van der Waals surface area (Å²) in [6.45, 7) is 0. The zero-order chi connectivity index (χ0) is 15.4. The SMILES string of the molecule is COc1ccccc1/C=C/c1nc(-c2ccc(Br)cc2)cs1. The highest BCUT2D eigenvalue weighted by molar-refractivity contribution is 9.10. The molecule has 22 heavy (non-hydrogen) atoms. The summed E-state index contributed by atoms with van der Waals surface area (Å²) in [5.74, 6) is 0.864. The van der Waals surface area contributed by atoms with E-state index >= 15 is 0 Å². The minimum absolute atomic E-state index is 0.864. The van der Waals surface area contributed by atoms with Gasteiger partial charge in [-0.3, -0.25) is 0 Å². The molecule has 0 aliphatic carbocycles. The second kappa shape index (κ2) is 6.90. The first-order valence-electron chi connectivity index (χ1n) is 6.79. The molecule has 0 saturated heterocycles.